The van der Waals surface area contributed by atoms with Gasteiger partial charge in [0.05, 0.1) is 29.5 Å². The summed E-state index contributed by atoms with van der Waals surface area (Å²) in [6.07, 6.45) is 2.57. The maximum atomic E-state index is 13.7. The van der Waals surface area contributed by atoms with E-state index in [1.165, 1.54) is 10.7 Å². The zero-order chi connectivity index (χ0) is 23.1. The molecular formula is C23H21BrF2N6O. The highest BCUT2D eigenvalue weighted by atomic mass is 79.9. The Balaban J connectivity index is 1.33. The molecule has 5 rings (SSSR count). The first-order chi connectivity index (χ1) is 15.9. The largest absolute Gasteiger partial charge is 0.322 e. The summed E-state index contributed by atoms with van der Waals surface area (Å²) in [5, 5.41) is 11.8. The van der Waals surface area contributed by atoms with Gasteiger partial charge >= 0.3 is 0 Å². The highest BCUT2D eigenvalue weighted by Crippen LogP contribution is 2.41. The van der Waals surface area contributed by atoms with E-state index in [0.717, 1.165) is 22.9 Å². The third-order valence-corrected chi connectivity index (χ3v) is 6.16. The van der Waals surface area contributed by atoms with E-state index < -0.39 is 6.43 Å². The molecular weight excluding hydrogens is 494 g/mol. The summed E-state index contributed by atoms with van der Waals surface area (Å²) in [7, 11) is 0. The molecule has 7 nitrogen and oxygen atoms in total. The number of pyridine rings is 1. The van der Waals surface area contributed by atoms with E-state index in [1.807, 2.05) is 24.3 Å². The third kappa shape index (κ3) is 4.66. The van der Waals surface area contributed by atoms with Gasteiger partial charge in [-0.2, -0.15) is 10.2 Å². The molecule has 170 valence electrons. The molecule has 3 aromatic heterocycles. The van der Waals surface area contributed by atoms with Crippen molar-refractivity contribution in [3.63, 3.8) is 0 Å². The first kappa shape index (κ1) is 21.7. The average molecular weight is 515 g/mol. The van der Waals surface area contributed by atoms with Gasteiger partial charge in [-0.15, -0.1) is 0 Å². The Morgan fingerprint density at radius 2 is 2.03 bits per heavy atom. The number of hydrogen-bond donors (Lipinski definition) is 1. The zero-order valence-electron chi connectivity index (χ0n) is 17.8. The van der Waals surface area contributed by atoms with Crippen molar-refractivity contribution < 1.29 is 13.6 Å². The number of benzene rings is 1. The predicted molar refractivity (Wildman–Crippen MR) is 123 cm³/mol. The SMILES string of the molecule is Cc1nn(CC(=O)Nc2cnn(Cc3ccc(Br)cc3)c2)c2nc(C3CC3)cc(C(F)F)c12. The quantitative estimate of drug-likeness (QED) is 0.367. The minimum atomic E-state index is -2.63. The van der Waals surface area contributed by atoms with Gasteiger partial charge in [-0.1, -0.05) is 28.1 Å². The molecule has 0 unspecified atom stereocenters. The molecule has 4 aromatic rings. The Morgan fingerprint density at radius 1 is 1.27 bits per heavy atom. The van der Waals surface area contributed by atoms with Crippen LogP contribution in [0.15, 0.2) is 47.2 Å². The fraction of sp³-hybridized carbons (Fsp3) is 0.304. The van der Waals surface area contributed by atoms with Crippen LogP contribution in [0.5, 0.6) is 0 Å². The number of nitrogens with one attached hydrogen (secondary N) is 1. The lowest BCUT2D eigenvalue weighted by atomic mass is 10.1. The minimum Gasteiger partial charge on any atom is -0.322 e. The van der Waals surface area contributed by atoms with Crippen molar-refractivity contribution in [1.29, 1.82) is 0 Å². The van der Waals surface area contributed by atoms with E-state index in [1.54, 1.807) is 24.0 Å². The van der Waals surface area contributed by atoms with E-state index in [4.69, 9.17) is 0 Å². The van der Waals surface area contributed by atoms with Gasteiger partial charge in [-0.05, 0) is 43.5 Å². The van der Waals surface area contributed by atoms with Crippen molar-refractivity contribution in [2.75, 3.05) is 5.32 Å². The van der Waals surface area contributed by atoms with Gasteiger partial charge in [0.2, 0.25) is 5.91 Å². The van der Waals surface area contributed by atoms with Crippen LogP contribution >= 0.6 is 15.9 Å². The molecule has 1 aliphatic rings. The average Bonchev–Trinajstić information content (AvgIpc) is 3.47. The molecule has 10 heteroatoms. The number of anilines is 1. The first-order valence-electron chi connectivity index (χ1n) is 10.6. The summed E-state index contributed by atoms with van der Waals surface area (Å²) in [6.45, 7) is 2.09. The number of nitrogens with zero attached hydrogens (tertiary/aromatic N) is 5. The molecule has 0 bridgehead atoms. The summed E-state index contributed by atoms with van der Waals surface area (Å²) < 4.78 is 31.6. The summed E-state index contributed by atoms with van der Waals surface area (Å²) in [5.74, 6) is -0.124. The van der Waals surface area contributed by atoms with Gasteiger partial charge in [0, 0.05) is 27.8 Å². The molecule has 1 aliphatic carbocycles. The lowest BCUT2D eigenvalue weighted by Crippen LogP contribution is -2.19. The molecule has 0 aliphatic heterocycles. The molecule has 0 radical (unpaired) electrons. The fourth-order valence-electron chi connectivity index (χ4n) is 3.91. The Morgan fingerprint density at radius 3 is 2.73 bits per heavy atom. The van der Waals surface area contributed by atoms with Gasteiger partial charge in [0.1, 0.15) is 6.54 Å². The predicted octanol–water partition coefficient (Wildman–Crippen LogP) is 5.20. The number of alkyl halides is 2. The molecule has 1 aromatic carbocycles. The molecule has 1 saturated carbocycles. The number of halogens is 3. The van der Waals surface area contributed by atoms with Crippen LogP contribution in [0.2, 0.25) is 0 Å². The van der Waals surface area contributed by atoms with E-state index >= 15 is 0 Å². The van der Waals surface area contributed by atoms with Gasteiger partial charge in [0.15, 0.2) is 5.65 Å². The van der Waals surface area contributed by atoms with Gasteiger partial charge in [-0.25, -0.2) is 18.4 Å². The summed E-state index contributed by atoms with van der Waals surface area (Å²) >= 11 is 3.41. The van der Waals surface area contributed by atoms with Crippen LogP contribution in [0.25, 0.3) is 11.0 Å². The number of carbonyl (C=O) groups excluding carboxylic acids is 1. The summed E-state index contributed by atoms with van der Waals surface area (Å²) in [5.41, 5.74) is 2.96. The number of aromatic nitrogens is 5. The second-order valence-electron chi connectivity index (χ2n) is 8.25. The van der Waals surface area contributed by atoms with Crippen molar-refractivity contribution in [3.05, 3.63) is 69.7 Å². The highest BCUT2D eigenvalue weighted by molar-refractivity contribution is 9.10. The van der Waals surface area contributed by atoms with E-state index in [9.17, 15) is 13.6 Å². The Labute approximate surface area is 196 Å². The maximum Gasteiger partial charge on any atom is 0.264 e. The van der Waals surface area contributed by atoms with E-state index in [-0.39, 0.29) is 23.9 Å². The molecule has 0 saturated heterocycles. The van der Waals surface area contributed by atoms with Gasteiger partial charge < -0.3 is 5.32 Å². The zero-order valence-corrected chi connectivity index (χ0v) is 19.4. The van der Waals surface area contributed by atoms with E-state index in [2.05, 4.69) is 36.4 Å². The normalized spacial score (nSPS) is 13.7. The van der Waals surface area contributed by atoms with Crippen LogP contribution in [-0.4, -0.2) is 30.5 Å². The Kier molecular flexibility index (Phi) is 5.69. The molecule has 33 heavy (non-hydrogen) atoms. The molecule has 0 atom stereocenters. The smallest absolute Gasteiger partial charge is 0.264 e. The van der Waals surface area contributed by atoms with Crippen LogP contribution in [0.4, 0.5) is 14.5 Å². The third-order valence-electron chi connectivity index (χ3n) is 5.63. The van der Waals surface area contributed by atoms with E-state index in [0.29, 0.717) is 34.7 Å². The van der Waals surface area contributed by atoms with Gasteiger partial charge in [0.25, 0.3) is 6.43 Å². The topological polar surface area (TPSA) is 77.6 Å². The molecule has 1 fully saturated rings. The van der Waals surface area contributed by atoms with Crippen molar-refractivity contribution in [2.45, 2.75) is 45.2 Å². The second-order valence-corrected chi connectivity index (χ2v) is 9.17. The molecule has 1 N–H and O–H groups in total. The first-order valence-corrected chi connectivity index (χ1v) is 11.4. The molecule has 3 heterocycles. The number of fused-ring (bicyclic) bond motifs is 1. The van der Waals surface area contributed by atoms with Crippen LogP contribution in [0.1, 0.15) is 47.7 Å². The van der Waals surface area contributed by atoms with Crippen LogP contribution in [0.3, 0.4) is 0 Å². The van der Waals surface area contributed by atoms with Crippen molar-refractivity contribution in [1.82, 2.24) is 24.5 Å². The Bertz CT molecular complexity index is 1330. The summed E-state index contributed by atoms with van der Waals surface area (Å²) in [4.78, 5) is 17.3. The molecule has 1 amide bonds. The van der Waals surface area contributed by atoms with Crippen molar-refractivity contribution in [3.8, 4) is 0 Å². The van der Waals surface area contributed by atoms with Crippen LogP contribution in [-0.2, 0) is 17.9 Å². The highest BCUT2D eigenvalue weighted by Gasteiger charge is 2.29. The van der Waals surface area contributed by atoms with Crippen LogP contribution in [0, 0.1) is 6.92 Å². The fourth-order valence-corrected chi connectivity index (χ4v) is 4.17. The number of hydrogen-bond acceptors (Lipinski definition) is 4. The van der Waals surface area contributed by atoms with Crippen molar-refractivity contribution >= 4 is 38.6 Å². The summed E-state index contributed by atoms with van der Waals surface area (Å²) in [6, 6.07) is 9.39. The molecule has 0 spiro atoms. The minimum absolute atomic E-state index is 0.0692. The van der Waals surface area contributed by atoms with Crippen LogP contribution < -0.4 is 5.32 Å². The number of carbonyl (C=O) groups is 1. The maximum absolute atomic E-state index is 13.7. The number of rotatable bonds is 7. The van der Waals surface area contributed by atoms with Gasteiger partial charge in [-0.3, -0.25) is 9.48 Å². The number of amides is 1. The second kappa shape index (κ2) is 8.66. The van der Waals surface area contributed by atoms with Crippen molar-refractivity contribution in [2.24, 2.45) is 0 Å². The lowest BCUT2D eigenvalue weighted by molar-refractivity contribution is -0.116. The monoisotopic (exact) mass is 514 g/mol. The lowest BCUT2D eigenvalue weighted by Gasteiger charge is -2.08. The Hall–Kier alpha value is -3.14. The standard InChI is InChI=1S/C23H21BrF2N6O/c1-13-21-18(22(25)26)8-19(15-4-5-15)29-23(21)32(30-13)12-20(33)28-17-9-27-31(11-17)10-14-2-6-16(24)7-3-14/h2-3,6-9,11,15,22H,4-5,10,12H2,1H3,(H,28,33). The number of aryl methyl sites for hydroxylation is 1.